The molecule has 0 radical (unpaired) electrons. The fourth-order valence-electron chi connectivity index (χ4n) is 3.16. The largest absolute Gasteiger partial charge is 0.493 e. The molecule has 1 N–H and O–H groups in total. The van der Waals surface area contributed by atoms with Crippen molar-refractivity contribution in [1.82, 2.24) is 5.01 Å². The van der Waals surface area contributed by atoms with E-state index in [1.807, 2.05) is 53.7 Å². The number of aryl methyl sites for hydroxylation is 1. The molecule has 0 unspecified atom stereocenters. The Kier molecular flexibility index (Phi) is 5.34. The molecule has 0 bridgehead atoms. The Hall–Kier alpha value is -2.86. The predicted molar refractivity (Wildman–Crippen MR) is 105 cm³/mol. The number of nitrogens with zero attached hydrogens (tertiary/aromatic N) is 2. The van der Waals surface area contributed by atoms with Crippen LogP contribution in [-0.4, -0.2) is 50.0 Å². The summed E-state index contributed by atoms with van der Waals surface area (Å²) in [6.07, 6.45) is 3.88. The zero-order valence-corrected chi connectivity index (χ0v) is 15.2. The van der Waals surface area contributed by atoms with Crippen molar-refractivity contribution in [3.05, 3.63) is 59.2 Å². The third-order valence-corrected chi connectivity index (χ3v) is 4.70. The lowest BCUT2D eigenvalue weighted by molar-refractivity contribution is 0.0397. The number of morpholine rings is 1. The molecule has 2 aliphatic heterocycles. The summed E-state index contributed by atoms with van der Waals surface area (Å²) in [4.78, 5) is 12.5. The van der Waals surface area contributed by atoms with Gasteiger partial charge in [0.2, 0.25) is 0 Å². The molecule has 6 heteroatoms. The van der Waals surface area contributed by atoms with Crippen molar-refractivity contribution in [3.8, 4) is 5.75 Å². The molecule has 1 fully saturated rings. The van der Waals surface area contributed by atoms with Gasteiger partial charge in [0, 0.05) is 17.3 Å². The molecule has 0 aromatic heterocycles. The first-order valence-electron chi connectivity index (χ1n) is 9.32. The number of hydrogen-bond acceptors (Lipinski definition) is 5. The molecule has 0 atom stereocenters. The Balaban J connectivity index is 1.38. The maximum atomic E-state index is 12.5. The van der Waals surface area contributed by atoms with Gasteiger partial charge in [-0.15, -0.1) is 0 Å². The van der Waals surface area contributed by atoms with E-state index in [-0.39, 0.29) is 5.91 Å². The second kappa shape index (κ2) is 8.22. The van der Waals surface area contributed by atoms with Crippen molar-refractivity contribution in [2.45, 2.75) is 12.8 Å². The van der Waals surface area contributed by atoms with E-state index in [1.54, 1.807) is 0 Å². The van der Waals surface area contributed by atoms with Crippen molar-refractivity contribution in [2.24, 2.45) is 5.10 Å². The molecule has 1 saturated heterocycles. The summed E-state index contributed by atoms with van der Waals surface area (Å²) in [5.41, 5.74) is 3.51. The van der Waals surface area contributed by atoms with E-state index in [1.165, 1.54) is 5.56 Å². The zero-order valence-electron chi connectivity index (χ0n) is 15.2. The van der Waals surface area contributed by atoms with Crippen molar-refractivity contribution < 1.29 is 14.3 Å². The van der Waals surface area contributed by atoms with Gasteiger partial charge >= 0.3 is 0 Å². The van der Waals surface area contributed by atoms with Gasteiger partial charge in [-0.3, -0.25) is 9.80 Å². The number of ether oxygens (including phenoxy) is 2. The minimum absolute atomic E-state index is 0.137. The second-order valence-electron chi connectivity index (χ2n) is 6.66. The van der Waals surface area contributed by atoms with E-state index >= 15 is 0 Å². The lowest BCUT2D eigenvalue weighted by Gasteiger charge is -2.23. The zero-order chi connectivity index (χ0) is 18.5. The highest BCUT2D eigenvalue weighted by Gasteiger charge is 2.12. The Morgan fingerprint density at radius 2 is 1.89 bits per heavy atom. The van der Waals surface area contributed by atoms with Gasteiger partial charge in [0.1, 0.15) is 5.75 Å². The van der Waals surface area contributed by atoms with Crippen LogP contribution in [-0.2, 0) is 11.2 Å². The average molecular weight is 365 g/mol. The molecule has 0 aliphatic carbocycles. The highest BCUT2D eigenvalue weighted by molar-refractivity contribution is 6.04. The van der Waals surface area contributed by atoms with Gasteiger partial charge in [0.05, 0.1) is 39.1 Å². The molecule has 0 saturated carbocycles. The number of amides is 1. The standard InChI is InChI=1S/C21H23N3O3/c25-21(23-19-8-7-17-2-1-11-27-20(17)14-19)18-5-3-16(4-6-18)15-22-24-9-12-26-13-10-24/h3-8,14-15H,1-2,9-13H2,(H,23,25). The summed E-state index contributed by atoms with van der Waals surface area (Å²) in [5, 5.41) is 9.38. The molecular formula is C21H23N3O3. The van der Waals surface area contributed by atoms with Gasteiger partial charge in [-0.25, -0.2) is 0 Å². The Morgan fingerprint density at radius 1 is 1.07 bits per heavy atom. The van der Waals surface area contributed by atoms with Crippen LogP contribution in [0.15, 0.2) is 47.6 Å². The molecular weight excluding hydrogens is 342 g/mol. The van der Waals surface area contributed by atoms with E-state index in [9.17, 15) is 4.79 Å². The highest BCUT2D eigenvalue weighted by atomic mass is 16.5. The predicted octanol–water partition coefficient (Wildman–Crippen LogP) is 2.93. The van der Waals surface area contributed by atoms with Gasteiger partial charge < -0.3 is 14.8 Å². The Bertz CT molecular complexity index is 827. The van der Waals surface area contributed by atoms with E-state index in [0.29, 0.717) is 18.8 Å². The number of nitrogens with one attached hydrogen (secondary N) is 1. The van der Waals surface area contributed by atoms with Gasteiger partial charge in [-0.2, -0.15) is 5.10 Å². The number of carbonyl (C=O) groups excluding carboxylic acids is 1. The summed E-state index contributed by atoms with van der Waals surface area (Å²) in [6, 6.07) is 13.3. The number of rotatable bonds is 4. The first-order valence-corrected chi connectivity index (χ1v) is 9.32. The van der Waals surface area contributed by atoms with Crippen LogP contribution in [0.25, 0.3) is 0 Å². The molecule has 4 rings (SSSR count). The van der Waals surface area contributed by atoms with Crippen molar-refractivity contribution in [1.29, 1.82) is 0 Å². The van der Waals surface area contributed by atoms with Gasteiger partial charge in [-0.05, 0) is 42.2 Å². The molecule has 2 aromatic carbocycles. The van der Waals surface area contributed by atoms with E-state index in [4.69, 9.17) is 9.47 Å². The molecule has 140 valence electrons. The van der Waals surface area contributed by atoms with Crippen LogP contribution in [0.2, 0.25) is 0 Å². The van der Waals surface area contributed by atoms with E-state index in [0.717, 1.165) is 49.5 Å². The highest BCUT2D eigenvalue weighted by Crippen LogP contribution is 2.28. The molecule has 2 aromatic rings. The smallest absolute Gasteiger partial charge is 0.255 e. The number of benzene rings is 2. The number of hydrazone groups is 1. The first-order chi connectivity index (χ1) is 13.3. The van der Waals surface area contributed by atoms with Crippen LogP contribution in [0.1, 0.15) is 27.9 Å². The van der Waals surface area contributed by atoms with E-state index < -0.39 is 0 Å². The second-order valence-corrected chi connectivity index (χ2v) is 6.66. The summed E-state index contributed by atoms with van der Waals surface area (Å²) >= 11 is 0. The van der Waals surface area contributed by atoms with E-state index in [2.05, 4.69) is 10.4 Å². The van der Waals surface area contributed by atoms with Crippen LogP contribution < -0.4 is 10.1 Å². The normalized spacial score (nSPS) is 16.7. The summed E-state index contributed by atoms with van der Waals surface area (Å²) in [7, 11) is 0. The van der Waals surface area contributed by atoms with Crippen LogP contribution >= 0.6 is 0 Å². The fraction of sp³-hybridized carbons (Fsp3) is 0.333. The molecule has 2 aliphatic rings. The summed E-state index contributed by atoms with van der Waals surface area (Å²) in [5.74, 6) is 0.733. The molecule has 6 nitrogen and oxygen atoms in total. The number of anilines is 1. The summed E-state index contributed by atoms with van der Waals surface area (Å²) in [6.45, 7) is 3.77. The number of carbonyl (C=O) groups is 1. The lowest BCUT2D eigenvalue weighted by Crippen LogP contribution is -2.32. The van der Waals surface area contributed by atoms with Crippen LogP contribution in [0.4, 0.5) is 5.69 Å². The third kappa shape index (κ3) is 4.46. The van der Waals surface area contributed by atoms with Crippen LogP contribution in [0, 0.1) is 0 Å². The van der Waals surface area contributed by atoms with Gasteiger partial charge in [0.15, 0.2) is 0 Å². The van der Waals surface area contributed by atoms with Crippen molar-refractivity contribution in [3.63, 3.8) is 0 Å². The maximum Gasteiger partial charge on any atom is 0.255 e. The minimum atomic E-state index is -0.137. The van der Waals surface area contributed by atoms with Crippen LogP contribution in [0.3, 0.4) is 0 Å². The monoisotopic (exact) mass is 365 g/mol. The minimum Gasteiger partial charge on any atom is -0.493 e. The molecule has 27 heavy (non-hydrogen) atoms. The molecule has 0 spiro atoms. The lowest BCUT2D eigenvalue weighted by atomic mass is 10.1. The Labute approximate surface area is 158 Å². The Morgan fingerprint density at radius 3 is 2.70 bits per heavy atom. The van der Waals surface area contributed by atoms with Crippen LogP contribution in [0.5, 0.6) is 5.75 Å². The number of hydrogen-bond donors (Lipinski definition) is 1. The molecule has 1 amide bonds. The van der Waals surface area contributed by atoms with Crippen molar-refractivity contribution >= 4 is 17.8 Å². The first kappa shape index (κ1) is 17.5. The SMILES string of the molecule is O=C(Nc1ccc2c(c1)OCCC2)c1ccc(C=NN2CCOCC2)cc1. The average Bonchev–Trinajstić information content (AvgIpc) is 2.73. The number of fused-ring (bicyclic) bond motifs is 1. The quantitative estimate of drug-likeness (QED) is 0.846. The topological polar surface area (TPSA) is 63.2 Å². The maximum absolute atomic E-state index is 12.5. The van der Waals surface area contributed by atoms with Gasteiger partial charge in [-0.1, -0.05) is 18.2 Å². The third-order valence-electron chi connectivity index (χ3n) is 4.70. The fourth-order valence-corrected chi connectivity index (χ4v) is 3.16. The molecule has 2 heterocycles. The van der Waals surface area contributed by atoms with Gasteiger partial charge in [0.25, 0.3) is 5.91 Å². The van der Waals surface area contributed by atoms with Crippen molar-refractivity contribution in [2.75, 3.05) is 38.2 Å². The summed E-state index contributed by atoms with van der Waals surface area (Å²) < 4.78 is 11.0.